The van der Waals surface area contributed by atoms with Gasteiger partial charge in [-0.2, -0.15) is 0 Å². The number of aliphatic hydroxyl groups excluding tert-OH is 3. The van der Waals surface area contributed by atoms with Crippen LogP contribution < -0.4 is 0 Å². The summed E-state index contributed by atoms with van der Waals surface area (Å²) in [5.41, 5.74) is 0. The molecule has 0 bridgehead atoms. The summed E-state index contributed by atoms with van der Waals surface area (Å²) in [6.07, 6.45) is 4.27. The predicted octanol–water partition coefficient (Wildman–Crippen LogP) is 0.0552. The first-order valence-electron chi connectivity index (χ1n) is 4.91. The molecule has 0 spiro atoms. The van der Waals surface area contributed by atoms with Gasteiger partial charge < -0.3 is 15.3 Å². The van der Waals surface area contributed by atoms with Crippen LogP contribution in [0.4, 0.5) is 0 Å². The number of fused-ring (bicyclic) bond motifs is 1. The maximum atomic E-state index is 9.69. The van der Waals surface area contributed by atoms with Gasteiger partial charge in [0, 0.05) is 5.92 Å². The van der Waals surface area contributed by atoms with Crippen molar-refractivity contribution in [1.82, 2.24) is 0 Å². The lowest BCUT2D eigenvalue weighted by atomic mass is 9.69. The Balaban J connectivity index is 2.19. The highest BCUT2D eigenvalue weighted by Crippen LogP contribution is 2.38. The van der Waals surface area contributed by atoms with Crippen molar-refractivity contribution in [3.63, 3.8) is 0 Å². The third-order valence-corrected chi connectivity index (χ3v) is 3.33. The van der Waals surface area contributed by atoms with E-state index in [1.165, 1.54) is 0 Å². The number of hydrogen-bond acceptors (Lipinski definition) is 3. The zero-order valence-electron chi connectivity index (χ0n) is 7.50. The van der Waals surface area contributed by atoms with Crippen molar-refractivity contribution in [3.05, 3.63) is 12.2 Å². The normalized spacial score (nSPS) is 50.2. The highest BCUT2D eigenvalue weighted by molar-refractivity contribution is 5.06. The molecule has 0 heterocycles. The fourth-order valence-corrected chi connectivity index (χ4v) is 2.59. The number of rotatable bonds is 0. The molecule has 1 saturated carbocycles. The van der Waals surface area contributed by atoms with Crippen LogP contribution in [0.3, 0.4) is 0 Å². The molecule has 0 amide bonds. The standard InChI is InChI=1S/C10H16O3/c11-7-4-5-9(13)10-6(7)2-1-3-8(10)12/h1,3,6-13H,2,4-5H2. The molecule has 1 fully saturated rings. The van der Waals surface area contributed by atoms with Gasteiger partial charge in [0.2, 0.25) is 0 Å². The maximum absolute atomic E-state index is 9.69. The molecule has 0 aromatic rings. The minimum atomic E-state index is -0.580. The van der Waals surface area contributed by atoms with Crippen LogP contribution in [0.2, 0.25) is 0 Å². The summed E-state index contributed by atoms with van der Waals surface area (Å²) in [7, 11) is 0. The Hall–Kier alpha value is -0.380. The number of aliphatic hydroxyl groups is 3. The van der Waals surface area contributed by atoms with Gasteiger partial charge in [0.25, 0.3) is 0 Å². The van der Waals surface area contributed by atoms with E-state index in [1.807, 2.05) is 6.08 Å². The average molecular weight is 184 g/mol. The van der Waals surface area contributed by atoms with Crippen LogP contribution in [0.1, 0.15) is 19.3 Å². The monoisotopic (exact) mass is 184 g/mol. The molecule has 3 nitrogen and oxygen atoms in total. The second kappa shape index (κ2) is 3.40. The van der Waals surface area contributed by atoms with Crippen LogP contribution in [0, 0.1) is 11.8 Å². The summed E-state index contributed by atoms with van der Waals surface area (Å²) < 4.78 is 0. The summed E-state index contributed by atoms with van der Waals surface area (Å²) in [6.45, 7) is 0. The SMILES string of the molecule is OC1C=CCC2C(O)CCC(O)C12. The molecule has 2 rings (SSSR count). The van der Waals surface area contributed by atoms with E-state index in [0.717, 1.165) is 6.42 Å². The smallest absolute Gasteiger partial charge is 0.0777 e. The van der Waals surface area contributed by atoms with Crippen LogP contribution in [-0.4, -0.2) is 33.6 Å². The molecule has 5 atom stereocenters. The van der Waals surface area contributed by atoms with Crippen molar-refractivity contribution in [2.75, 3.05) is 0 Å². The van der Waals surface area contributed by atoms with Gasteiger partial charge in [0.05, 0.1) is 18.3 Å². The molecule has 74 valence electrons. The first-order valence-corrected chi connectivity index (χ1v) is 4.91. The lowest BCUT2D eigenvalue weighted by molar-refractivity contribution is -0.0830. The van der Waals surface area contributed by atoms with Gasteiger partial charge in [-0.15, -0.1) is 0 Å². The Labute approximate surface area is 77.7 Å². The van der Waals surface area contributed by atoms with E-state index >= 15 is 0 Å². The fourth-order valence-electron chi connectivity index (χ4n) is 2.59. The van der Waals surface area contributed by atoms with E-state index in [9.17, 15) is 15.3 Å². The van der Waals surface area contributed by atoms with Crippen LogP contribution in [0.15, 0.2) is 12.2 Å². The van der Waals surface area contributed by atoms with Crippen molar-refractivity contribution < 1.29 is 15.3 Å². The fraction of sp³-hybridized carbons (Fsp3) is 0.800. The third-order valence-electron chi connectivity index (χ3n) is 3.33. The summed E-state index contributed by atoms with van der Waals surface area (Å²) >= 11 is 0. The van der Waals surface area contributed by atoms with Crippen molar-refractivity contribution >= 4 is 0 Å². The molecule has 3 N–H and O–H groups in total. The average Bonchev–Trinajstić information content (AvgIpc) is 2.12. The molecule has 0 aromatic carbocycles. The van der Waals surface area contributed by atoms with E-state index in [2.05, 4.69) is 0 Å². The minimum absolute atomic E-state index is 0.0451. The molecular formula is C10H16O3. The number of allylic oxidation sites excluding steroid dienone is 1. The van der Waals surface area contributed by atoms with Crippen LogP contribution in [-0.2, 0) is 0 Å². The summed E-state index contributed by atoms with van der Waals surface area (Å²) in [6, 6.07) is 0. The van der Waals surface area contributed by atoms with E-state index in [1.54, 1.807) is 6.08 Å². The van der Waals surface area contributed by atoms with Gasteiger partial charge in [-0.1, -0.05) is 12.2 Å². The van der Waals surface area contributed by atoms with Crippen molar-refractivity contribution in [2.45, 2.75) is 37.6 Å². The second-order valence-electron chi connectivity index (χ2n) is 4.11. The Bertz CT molecular complexity index is 214. The molecule has 13 heavy (non-hydrogen) atoms. The van der Waals surface area contributed by atoms with E-state index in [4.69, 9.17) is 0 Å². The van der Waals surface area contributed by atoms with Gasteiger partial charge in [0.15, 0.2) is 0 Å². The van der Waals surface area contributed by atoms with Crippen LogP contribution in [0.5, 0.6) is 0 Å². The molecule has 0 aromatic heterocycles. The Morgan fingerprint density at radius 1 is 1.00 bits per heavy atom. The number of hydrogen-bond donors (Lipinski definition) is 3. The molecule has 0 saturated heterocycles. The molecule has 3 heteroatoms. The summed E-state index contributed by atoms with van der Waals surface area (Å²) in [5, 5.41) is 29.0. The van der Waals surface area contributed by atoms with Gasteiger partial charge >= 0.3 is 0 Å². The van der Waals surface area contributed by atoms with Crippen molar-refractivity contribution in [2.24, 2.45) is 11.8 Å². The van der Waals surface area contributed by atoms with Crippen molar-refractivity contribution in [3.8, 4) is 0 Å². The Morgan fingerprint density at radius 2 is 1.69 bits per heavy atom. The van der Waals surface area contributed by atoms with Gasteiger partial charge in [0.1, 0.15) is 0 Å². The molecule has 5 unspecified atom stereocenters. The Morgan fingerprint density at radius 3 is 2.38 bits per heavy atom. The lowest BCUT2D eigenvalue weighted by Gasteiger charge is -2.42. The van der Waals surface area contributed by atoms with Gasteiger partial charge in [-0.25, -0.2) is 0 Å². The predicted molar refractivity (Wildman–Crippen MR) is 48.0 cm³/mol. The summed E-state index contributed by atoms with van der Waals surface area (Å²) in [4.78, 5) is 0. The summed E-state index contributed by atoms with van der Waals surface area (Å²) in [5.74, 6) is -0.113. The largest absolute Gasteiger partial charge is 0.393 e. The molecule has 0 aliphatic heterocycles. The minimum Gasteiger partial charge on any atom is -0.393 e. The lowest BCUT2D eigenvalue weighted by Crippen LogP contribution is -2.47. The molecule has 0 radical (unpaired) electrons. The first-order chi connectivity index (χ1) is 6.20. The highest BCUT2D eigenvalue weighted by atomic mass is 16.3. The molecular weight excluding hydrogens is 168 g/mol. The second-order valence-corrected chi connectivity index (χ2v) is 4.11. The zero-order chi connectivity index (χ0) is 9.42. The molecule has 2 aliphatic carbocycles. The van der Waals surface area contributed by atoms with E-state index in [0.29, 0.717) is 12.8 Å². The van der Waals surface area contributed by atoms with Crippen LogP contribution >= 0.6 is 0 Å². The quantitative estimate of drug-likeness (QED) is 0.466. The van der Waals surface area contributed by atoms with E-state index < -0.39 is 12.2 Å². The van der Waals surface area contributed by atoms with E-state index in [-0.39, 0.29) is 17.9 Å². The zero-order valence-corrected chi connectivity index (χ0v) is 7.50. The first kappa shape index (κ1) is 9.19. The maximum Gasteiger partial charge on any atom is 0.0777 e. The molecule has 2 aliphatic rings. The van der Waals surface area contributed by atoms with Gasteiger partial charge in [-0.3, -0.25) is 0 Å². The van der Waals surface area contributed by atoms with Crippen molar-refractivity contribution in [1.29, 1.82) is 0 Å². The van der Waals surface area contributed by atoms with Crippen LogP contribution in [0.25, 0.3) is 0 Å². The topological polar surface area (TPSA) is 60.7 Å². The Kier molecular flexibility index (Phi) is 2.41. The highest BCUT2D eigenvalue weighted by Gasteiger charge is 2.41. The third kappa shape index (κ3) is 1.52. The van der Waals surface area contributed by atoms with Gasteiger partial charge in [-0.05, 0) is 25.2 Å².